The summed E-state index contributed by atoms with van der Waals surface area (Å²) in [4.78, 5) is 15.2. The molecule has 0 bridgehead atoms. The number of aromatic nitrogens is 4. The number of aliphatic hydroxyl groups is 1. The van der Waals surface area contributed by atoms with E-state index in [4.69, 9.17) is 17.1 Å². The molecule has 20 heavy (non-hydrogen) atoms. The summed E-state index contributed by atoms with van der Waals surface area (Å²) in [6.45, 7) is 0.0426. The zero-order valence-corrected chi connectivity index (χ0v) is 11.7. The molecule has 1 aliphatic heterocycles. The lowest BCUT2D eigenvalue weighted by Crippen LogP contribution is -2.14. The third kappa shape index (κ3) is 2.18. The monoisotopic (exact) mass is 311 g/mol. The highest BCUT2D eigenvalue weighted by molar-refractivity contribution is 8.00. The Bertz CT molecular complexity index is 685. The lowest BCUT2D eigenvalue weighted by atomic mass is 10.2. The third-order valence-corrected chi connectivity index (χ3v) is 4.98. The molecule has 1 N–H and O–H groups in total. The van der Waals surface area contributed by atoms with Crippen LogP contribution in [0.2, 0.25) is 5.15 Å². The fraction of sp³-hybridized carbons (Fsp3) is 0.500. The van der Waals surface area contributed by atoms with Gasteiger partial charge in [-0.05, 0) is 12.0 Å². The predicted octanol–water partition coefficient (Wildman–Crippen LogP) is 2.15. The van der Waals surface area contributed by atoms with E-state index in [1.807, 2.05) is 4.57 Å². The van der Waals surface area contributed by atoms with Crippen molar-refractivity contribution in [2.45, 2.75) is 23.1 Å². The highest BCUT2D eigenvalue weighted by atomic mass is 35.5. The van der Waals surface area contributed by atoms with Crippen LogP contribution in [0.5, 0.6) is 0 Å². The molecule has 10 heteroatoms. The lowest BCUT2D eigenvalue weighted by molar-refractivity contribution is 0.289. The van der Waals surface area contributed by atoms with Crippen LogP contribution in [0.4, 0.5) is 0 Å². The van der Waals surface area contributed by atoms with E-state index >= 15 is 0 Å². The first-order chi connectivity index (χ1) is 9.74. The highest BCUT2D eigenvalue weighted by Crippen LogP contribution is 2.44. The van der Waals surface area contributed by atoms with E-state index in [0.717, 1.165) is 0 Å². The van der Waals surface area contributed by atoms with Gasteiger partial charge in [-0.25, -0.2) is 15.0 Å². The summed E-state index contributed by atoms with van der Waals surface area (Å²) >= 11 is 7.52. The second kappa shape index (κ2) is 5.45. The number of nitrogens with zero attached hydrogens (tertiary/aromatic N) is 7. The minimum absolute atomic E-state index is 0.0326. The van der Waals surface area contributed by atoms with E-state index in [1.165, 1.54) is 6.33 Å². The van der Waals surface area contributed by atoms with Crippen LogP contribution in [0.1, 0.15) is 11.8 Å². The quantitative estimate of drug-likeness (QED) is 0.404. The molecule has 1 aliphatic rings. The Morgan fingerprint density at radius 3 is 3.15 bits per heavy atom. The standard InChI is InChI=1S/C10H10ClN7OS/c11-8-7-9(14-3-13-8)18(4-15-7)10-6(16-17-12)1-5(2-19)20-10/h3-6,10,19H,1-2H2/t5-,6-,10-/m0/s1. The molecule has 3 heterocycles. The smallest absolute Gasteiger partial charge is 0.165 e. The van der Waals surface area contributed by atoms with Crippen LogP contribution in [-0.4, -0.2) is 42.5 Å². The first kappa shape index (κ1) is 13.4. The number of aliphatic hydroxyl groups excluding tert-OH is 1. The Morgan fingerprint density at radius 1 is 1.55 bits per heavy atom. The Balaban J connectivity index is 2.05. The van der Waals surface area contributed by atoms with Gasteiger partial charge in [0.1, 0.15) is 11.8 Å². The normalized spacial score (nSPS) is 25.8. The van der Waals surface area contributed by atoms with Gasteiger partial charge in [-0.1, -0.05) is 16.7 Å². The summed E-state index contributed by atoms with van der Waals surface area (Å²) < 4.78 is 1.82. The van der Waals surface area contributed by atoms with Gasteiger partial charge in [0, 0.05) is 10.2 Å². The van der Waals surface area contributed by atoms with Crippen molar-refractivity contribution < 1.29 is 5.11 Å². The van der Waals surface area contributed by atoms with Crippen molar-refractivity contribution in [2.24, 2.45) is 5.11 Å². The Hall–Kier alpha value is -1.54. The average Bonchev–Trinajstić information content (AvgIpc) is 3.03. The van der Waals surface area contributed by atoms with Crippen LogP contribution in [-0.2, 0) is 0 Å². The molecule has 3 rings (SSSR count). The highest BCUT2D eigenvalue weighted by Gasteiger charge is 2.36. The van der Waals surface area contributed by atoms with Crippen LogP contribution in [0.25, 0.3) is 21.6 Å². The van der Waals surface area contributed by atoms with Gasteiger partial charge in [-0.3, -0.25) is 0 Å². The molecule has 0 unspecified atom stereocenters. The van der Waals surface area contributed by atoms with Crippen LogP contribution in [0.15, 0.2) is 17.8 Å². The molecule has 1 saturated heterocycles. The fourth-order valence-electron chi connectivity index (χ4n) is 2.28. The second-order valence-corrected chi connectivity index (χ2v) is 6.11. The van der Waals surface area contributed by atoms with Gasteiger partial charge >= 0.3 is 0 Å². The van der Waals surface area contributed by atoms with Gasteiger partial charge in [0.05, 0.1) is 24.3 Å². The number of fused-ring (bicyclic) bond motifs is 1. The maximum atomic E-state index is 9.30. The number of azide groups is 1. The molecule has 0 aliphatic carbocycles. The first-order valence-electron chi connectivity index (χ1n) is 5.88. The maximum Gasteiger partial charge on any atom is 0.165 e. The van der Waals surface area contributed by atoms with Crippen LogP contribution >= 0.6 is 23.4 Å². The molecule has 0 radical (unpaired) electrons. The summed E-state index contributed by atoms with van der Waals surface area (Å²) in [5, 5.41) is 13.3. The SMILES string of the molecule is [N-]=[N+]=N[C@H]1C[C@@H](CO)S[C@@H]1n1cnc2c(Cl)ncnc21. The molecule has 8 nitrogen and oxygen atoms in total. The van der Waals surface area contributed by atoms with Gasteiger partial charge in [0.15, 0.2) is 10.8 Å². The van der Waals surface area contributed by atoms with Gasteiger partial charge < -0.3 is 9.67 Å². The minimum atomic E-state index is -0.256. The number of halogens is 1. The Kier molecular flexibility index (Phi) is 3.66. The Labute approximate surface area is 122 Å². The molecule has 2 aromatic rings. The Morgan fingerprint density at radius 2 is 2.40 bits per heavy atom. The molecular formula is C10H10ClN7OS. The molecule has 0 spiro atoms. The molecule has 2 aromatic heterocycles. The second-order valence-electron chi connectivity index (χ2n) is 4.33. The number of hydrogen-bond donors (Lipinski definition) is 1. The van der Waals surface area contributed by atoms with Gasteiger partial charge in [0.2, 0.25) is 0 Å². The van der Waals surface area contributed by atoms with E-state index in [-0.39, 0.29) is 28.4 Å². The largest absolute Gasteiger partial charge is 0.395 e. The zero-order valence-electron chi connectivity index (χ0n) is 10.2. The first-order valence-corrected chi connectivity index (χ1v) is 7.20. The van der Waals surface area contributed by atoms with Crippen molar-refractivity contribution in [2.75, 3.05) is 6.61 Å². The van der Waals surface area contributed by atoms with E-state index in [0.29, 0.717) is 17.6 Å². The van der Waals surface area contributed by atoms with Crippen molar-refractivity contribution in [1.82, 2.24) is 19.5 Å². The van der Waals surface area contributed by atoms with Gasteiger partial charge in [0.25, 0.3) is 0 Å². The minimum Gasteiger partial charge on any atom is -0.395 e. The average molecular weight is 312 g/mol. The topological polar surface area (TPSA) is 113 Å². The van der Waals surface area contributed by atoms with E-state index in [2.05, 4.69) is 25.0 Å². The van der Waals surface area contributed by atoms with Crippen molar-refractivity contribution in [3.8, 4) is 0 Å². The van der Waals surface area contributed by atoms with Crippen molar-refractivity contribution >= 4 is 34.5 Å². The fourth-order valence-corrected chi connectivity index (χ4v) is 3.88. The molecule has 0 saturated carbocycles. The van der Waals surface area contributed by atoms with Crippen LogP contribution in [0, 0.1) is 0 Å². The molecule has 3 atom stereocenters. The molecule has 1 fully saturated rings. The molecule has 0 amide bonds. The zero-order chi connectivity index (χ0) is 14.1. The third-order valence-electron chi connectivity index (χ3n) is 3.16. The summed E-state index contributed by atoms with van der Waals surface area (Å²) in [6.07, 6.45) is 3.60. The molecular weight excluding hydrogens is 302 g/mol. The number of rotatable bonds is 3. The van der Waals surface area contributed by atoms with Crippen molar-refractivity contribution in [1.29, 1.82) is 0 Å². The van der Waals surface area contributed by atoms with Crippen LogP contribution < -0.4 is 0 Å². The molecule has 0 aromatic carbocycles. The van der Waals surface area contributed by atoms with E-state index in [9.17, 15) is 5.11 Å². The summed E-state index contributed by atoms with van der Waals surface area (Å²) in [5.74, 6) is 0. The van der Waals surface area contributed by atoms with E-state index in [1.54, 1.807) is 18.1 Å². The number of thioether (sulfide) groups is 1. The summed E-state index contributed by atoms with van der Waals surface area (Å²) in [7, 11) is 0. The molecule has 104 valence electrons. The lowest BCUT2D eigenvalue weighted by Gasteiger charge is -2.16. The van der Waals surface area contributed by atoms with Crippen molar-refractivity contribution in [3.05, 3.63) is 28.3 Å². The van der Waals surface area contributed by atoms with Gasteiger partial charge in [-0.15, -0.1) is 11.8 Å². The number of hydrogen-bond acceptors (Lipinski definition) is 6. The summed E-state index contributed by atoms with van der Waals surface area (Å²) in [5.41, 5.74) is 9.79. The van der Waals surface area contributed by atoms with Crippen molar-refractivity contribution in [3.63, 3.8) is 0 Å². The van der Waals surface area contributed by atoms with Crippen LogP contribution in [0.3, 0.4) is 0 Å². The summed E-state index contributed by atoms with van der Waals surface area (Å²) in [6, 6.07) is -0.256. The van der Waals surface area contributed by atoms with E-state index < -0.39 is 0 Å². The maximum absolute atomic E-state index is 9.30. The predicted molar refractivity (Wildman–Crippen MR) is 75.4 cm³/mol. The number of imidazole rings is 1. The van der Waals surface area contributed by atoms with Gasteiger partial charge in [-0.2, -0.15) is 0 Å².